The highest BCUT2D eigenvalue weighted by Gasteiger charge is 2.24. The molecule has 12 heteroatoms. The van der Waals surface area contributed by atoms with Crippen LogP contribution in [-0.2, 0) is 0 Å². The van der Waals surface area contributed by atoms with Crippen LogP contribution in [0.2, 0.25) is 0 Å². The van der Waals surface area contributed by atoms with Crippen molar-refractivity contribution in [1.29, 1.82) is 0 Å². The van der Waals surface area contributed by atoms with Crippen LogP contribution in [0.5, 0.6) is 0 Å². The van der Waals surface area contributed by atoms with Gasteiger partial charge in [-0.3, -0.25) is 14.4 Å². The SMILES string of the molecule is O=C(c1cc(C(=O)n2c(=S)oc3ccccc32)cc(C(=O)n2c(=S)oc3ccccc32)c1)n1c(=S)oc2ccccc21. The molecule has 0 aliphatic rings. The molecule has 3 heterocycles. The summed E-state index contributed by atoms with van der Waals surface area (Å²) in [6.07, 6.45) is 0. The van der Waals surface area contributed by atoms with E-state index in [-0.39, 0.29) is 31.2 Å². The number of carbonyl (C=O) groups excluding carboxylic acids is 3. The number of fused-ring (bicyclic) bond motifs is 3. The Labute approximate surface area is 250 Å². The van der Waals surface area contributed by atoms with Gasteiger partial charge in [0.25, 0.3) is 32.2 Å². The standard InChI is InChI=1S/C30H15N3O6S3/c34-25(31-19-7-1-4-10-22(19)37-28(31)40)16-13-17(26(35)32-20-8-2-5-11-23(20)38-29(32)41)15-18(14-16)27(36)33-21-9-3-6-12-24(21)39-30(33)42/h1-15H. The third-order valence-electron chi connectivity index (χ3n) is 6.74. The number of nitrogens with zero attached hydrogens (tertiary/aromatic N) is 3. The molecule has 0 radical (unpaired) electrons. The molecule has 0 unspecified atom stereocenters. The van der Waals surface area contributed by atoms with Crippen LogP contribution in [0.3, 0.4) is 0 Å². The van der Waals surface area contributed by atoms with Gasteiger partial charge in [0.1, 0.15) is 0 Å². The number of benzene rings is 4. The summed E-state index contributed by atoms with van der Waals surface area (Å²) in [7, 11) is 0. The van der Waals surface area contributed by atoms with Crippen LogP contribution in [0.25, 0.3) is 33.3 Å². The number of aromatic nitrogens is 3. The van der Waals surface area contributed by atoms with Gasteiger partial charge in [-0.05, 0) is 91.3 Å². The number of para-hydroxylation sites is 6. The fraction of sp³-hybridized carbons (Fsp3) is 0. The molecule has 7 aromatic rings. The summed E-state index contributed by atoms with van der Waals surface area (Å²) >= 11 is 16.0. The van der Waals surface area contributed by atoms with Gasteiger partial charge in [-0.25, -0.2) is 13.7 Å². The first-order chi connectivity index (χ1) is 20.3. The summed E-state index contributed by atoms with van der Waals surface area (Å²) in [5.74, 6) is -1.81. The zero-order valence-electron chi connectivity index (χ0n) is 21.2. The van der Waals surface area contributed by atoms with Crippen LogP contribution in [0, 0.1) is 14.5 Å². The highest BCUT2D eigenvalue weighted by molar-refractivity contribution is 7.71. The van der Waals surface area contributed by atoms with Crippen LogP contribution in [-0.4, -0.2) is 31.4 Å². The van der Waals surface area contributed by atoms with Gasteiger partial charge in [0.2, 0.25) is 0 Å². The molecule has 0 N–H and O–H groups in total. The molecule has 3 aromatic heterocycles. The highest BCUT2D eigenvalue weighted by Crippen LogP contribution is 2.25. The van der Waals surface area contributed by atoms with Crippen LogP contribution < -0.4 is 0 Å². The largest absolute Gasteiger partial charge is 0.429 e. The van der Waals surface area contributed by atoms with Gasteiger partial charge in [-0.1, -0.05) is 36.4 Å². The Morgan fingerprint density at radius 3 is 1.00 bits per heavy atom. The molecule has 0 aliphatic heterocycles. The van der Waals surface area contributed by atoms with Crippen molar-refractivity contribution >= 4 is 87.7 Å². The Kier molecular flexibility index (Phi) is 6.04. The quantitative estimate of drug-likeness (QED) is 0.187. The zero-order chi connectivity index (χ0) is 29.1. The summed E-state index contributed by atoms with van der Waals surface area (Å²) in [4.78, 5) is 41.6. The van der Waals surface area contributed by atoms with Crippen molar-refractivity contribution in [2.75, 3.05) is 0 Å². The van der Waals surface area contributed by atoms with Gasteiger partial charge in [0, 0.05) is 16.7 Å². The lowest BCUT2D eigenvalue weighted by Crippen LogP contribution is -2.19. The van der Waals surface area contributed by atoms with Gasteiger partial charge in [0.15, 0.2) is 16.7 Å². The van der Waals surface area contributed by atoms with E-state index < -0.39 is 17.7 Å². The van der Waals surface area contributed by atoms with Crippen molar-refractivity contribution in [3.8, 4) is 0 Å². The molecule has 0 fully saturated rings. The van der Waals surface area contributed by atoms with Crippen LogP contribution >= 0.6 is 36.7 Å². The van der Waals surface area contributed by atoms with Crippen LogP contribution in [0.1, 0.15) is 31.1 Å². The fourth-order valence-electron chi connectivity index (χ4n) is 4.86. The summed E-state index contributed by atoms with van der Waals surface area (Å²) in [6.45, 7) is 0. The van der Waals surface area contributed by atoms with Crippen LogP contribution in [0.15, 0.2) is 104 Å². The van der Waals surface area contributed by atoms with Crippen molar-refractivity contribution in [1.82, 2.24) is 13.7 Å². The summed E-state index contributed by atoms with van der Waals surface area (Å²) in [5.41, 5.74) is 2.54. The number of oxazole rings is 3. The van der Waals surface area contributed by atoms with E-state index in [1.807, 2.05) is 0 Å². The van der Waals surface area contributed by atoms with E-state index >= 15 is 0 Å². The Balaban J connectivity index is 1.45. The number of carbonyl (C=O) groups is 3. The minimum atomic E-state index is -0.602. The van der Waals surface area contributed by atoms with E-state index in [0.29, 0.717) is 33.3 Å². The van der Waals surface area contributed by atoms with E-state index in [0.717, 1.165) is 0 Å². The molecule has 0 spiro atoms. The molecule has 42 heavy (non-hydrogen) atoms. The lowest BCUT2D eigenvalue weighted by Gasteiger charge is -2.10. The maximum absolute atomic E-state index is 13.9. The minimum Gasteiger partial charge on any atom is -0.429 e. The Hall–Kier alpha value is -5.04. The van der Waals surface area contributed by atoms with Gasteiger partial charge in [-0.2, -0.15) is 0 Å². The molecule has 0 saturated heterocycles. The second kappa shape index (κ2) is 9.80. The van der Waals surface area contributed by atoms with E-state index in [9.17, 15) is 14.4 Å². The molecular formula is C30H15N3O6S3. The summed E-state index contributed by atoms with van der Waals surface area (Å²) in [6, 6.07) is 24.7. The Morgan fingerprint density at radius 2 is 0.714 bits per heavy atom. The van der Waals surface area contributed by atoms with Crippen molar-refractivity contribution in [2.24, 2.45) is 0 Å². The van der Waals surface area contributed by atoms with E-state index in [4.69, 9.17) is 49.9 Å². The molecule has 9 nitrogen and oxygen atoms in total. The van der Waals surface area contributed by atoms with Crippen molar-refractivity contribution in [3.05, 3.63) is 122 Å². The second-order valence-corrected chi connectivity index (χ2v) is 10.3. The third-order valence-corrected chi connectivity index (χ3v) is 7.54. The highest BCUT2D eigenvalue weighted by atomic mass is 32.1. The van der Waals surface area contributed by atoms with Crippen molar-refractivity contribution in [3.63, 3.8) is 0 Å². The van der Waals surface area contributed by atoms with Crippen molar-refractivity contribution < 1.29 is 27.6 Å². The first kappa shape index (κ1) is 25.9. The molecule has 0 bridgehead atoms. The average molecular weight is 610 g/mol. The number of hydrogen-bond donors (Lipinski definition) is 0. The molecule has 204 valence electrons. The maximum Gasteiger partial charge on any atom is 0.276 e. The van der Waals surface area contributed by atoms with E-state index in [2.05, 4.69) is 0 Å². The zero-order valence-corrected chi connectivity index (χ0v) is 23.6. The topological polar surface area (TPSA) is 105 Å². The molecule has 0 saturated carbocycles. The minimum absolute atomic E-state index is 0.00508. The normalized spacial score (nSPS) is 11.4. The molecule has 0 aliphatic carbocycles. The lowest BCUT2D eigenvalue weighted by atomic mass is 10.0. The molecule has 7 rings (SSSR count). The first-order valence-electron chi connectivity index (χ1n) is 12.4. The summed E-state index contributed by atoms with van der Waals surface area (Å²) < 4.78 is 20.4. The smallest absolute Gasteiger partial charge is 0.276 e. The fourth-order valence-corrected chi connectivity index (χ4v) is 5.67. The van der Waals surface area contributed by atoms with Gasteiger partial charge in [-0.15, -0.1) is 0 Å². The maximum atomic E-state index is 13.9. The Morgan fingerprint density at radius 1 is 0.452 bits per heavy atom. The van der Waals surface area contributed by atoms with Crippen molar-refractivity contribution in [2.45, 2.75) is 0 Å². The van der Waals surface area contributed by atoms with Gasteiger partial charge < -0.3 is 13.3 Å². The van der Waals surface area contributed by atoms with E-state index in [1.165, 1.54) is 31.9 Å². The number of hydrogen-bond acceptors (Lipinski definition) is 9. The number of rotatable bonds is 3. The molecule has 0 atom stereocenters. The first-order valence-corrected chi connectivity index (χ1v) is 13.7. The second-order valence-electron chi connectivity index (χ2n) is 9.23. The van der Waals surface area contributed by atoms with Crippen LogP contribution in [0.4, 0.5) is 0 Å². The molecule has 0 amide bonds. The summed E-state index contributed by atoms with van der Waals surface area (Å²) in [5, 5.41) is 0. The van der Waals surface area contributed by atoms with E-state index in [1.54, 1.807) is 72.8 Å². The Bertz CT molecular complexity index is 2170. The predicted molar refractivity (Wildman–Crippen MR) is 161 cm³/mol. The predicted octanol–water partition coefficient (Wildman–Crippen LogP) is 7.58. The average Bonchev–Trinajstić information content (AvgIpc) is 3.63. The van der Waals surface area contributed by atoms with Gasteiger partial charge >= 0.3 is 0 Å². The molecular weight excluding hydrogens is 595 g/mol. The molecule has 4 aromatic carbocycles. The lowest BCUT2D eigenvalue weighted by molar-refractivity contribution is 0.0958. The van der Waals surface area contributed by atoms with Gasteiger partial charge in [0.05, 0.1) is 16.6 Å². The third kappa shape index (κ3) is 4.04. The monoisotopic (exact) mass is 609 g/mol.